The highest BCUT2D eigenvalue weighted by molar-refractivity contribution is 5.95. The Kier molecular flexibility index (Phi) is 5.78. The average molecular weight is 512 g/mol. The fourth-order valence-electron chi connectivity index (χ4n) is 10.9. The van der Waals surface area contributed by atoms with Crippen molar-refractivity contribution in [2.45, 2.75) is 119 Å². The molecular weight excluding hydrogens is 462 g/mol. The molecule has 0 aromatic carbocycles. The molecule has 37 heavy (non-hydrogen) atoms. The second-order valence-electron chi connectivity index (χ2n) is 15.7. The van der Waals surface area contributed by atoms with E-state index >= 15 is 0 Å². The van der Waals surface area contributed by atoms with E-state index in [1.165, 1.54) is 5.57 Å². The first kappa shape index (κ1) is 26.9. The van der Waals surface area contributed by atoms with Gasteiger partial charge in [-0.05, 0) is 110 Å². The number of hydrogen-bond acceptors (Lipinski definition) is 3. The van der Waals surface area contributed by atoms with Crippen LogP contribution in [0.3, 0.4) is 0 Å². The van der Waals surface area contributed by atoms with Crippen LogP contribution in [-0.4, -0.2) is 28.8 Å². The summed E-state index contributed by atoms with van der Waals surface area (Å²) in [6.07, 6.45) is 10.4. The van der Waals surface area contributed by atoms with Crippen molar-refractivity contribution in [3.63, 3.8) is 0 Å². The zero-order valence-corrected chi connectivity index (χ0v) is 24.4. The van der Waals surface area contributed by atoms with E-state index in [-0.39, 0.29) is 56.6 Å². The Morgan fingerprint density at radius 3 is 2.19 bits per heavy atom. The normalized spacial score (nSPS) is 50.5. The van der Waals surface area contributed by atoms with Gasteiger partial charge in [-0.2, -0.15) is 0 Å². The third-order valence-corrected chi connectivity index (χ3v) is 13.5. The molecule has 0 aliphatic heterocycles. The van der Waals surface area contributed by atoms with Crippen LogP contribution in [0, 0.1) is 50.2 Å². The number of carboxylic acid groups (broad SMARTS) is 1. The van der Waals surface area contributed by atoms with E-state index in [2.05, 4.69) is 46.9 Å². The number of hydrogen-bond donors (Lipinski definition) is 2. The van der Waals surface area contributed by atoms with E-state index in [0.717, 1.165) is 51.4 Å². The van der Waals surface area contributed by atoms with Gasteiger partial charge in [-0.3, -0.25) is 14.4 Å². The van der Waals surface area contributed by atoms with Gasteiger partial charge in [-0.25, -0.2) is 0 Å². The van der Waals surface area contributed by atoms with Gasteiger partial charge in [0.05, 0.1) is 5.41 Å². The Bertz CT molecular complexity index is 1080. The van der Waals surface area contributed by atoms with Crippen LogP contribution in [0.4, 0.5) is 0 Å². The van der Waals surface area contributed by atoms with E-state index in [4.69, 9.17) is 0 Å². The van der Waals surface area contributed by atoms with Crippen molar-refractivity contribution in [3.05, 3.63) is 11.6 Å². The second kappa shape index (κ2) is 7.94. The van der Waals surface area contributed by atoms with Crippen LogP contribution >= 0.6 is 0 Å². The van der Waals surface area contributed by atoms with Crippen molar-refractivity contribution in [2.24, 2.45) is 50.2 Å². The minimum Gasteiger partial charge on any atom is -0.481 e. The lowest BCUT2D eigenvalue weighted by molar-refractivity contribution is -0.190. The monoisotopic (exact) mass is 511 g/mol. The van der Waals surface area contributed by atoms with Crippen molar-refractivity contribution in [2.75, 3.05) is 0 Å². The summed E-state index contributed by atoms with van der Waals surface area (Å²) in [4.78, 5) is 38.7. The maximum absolute atomic E-state index is 14.4. The first-order chi connectivity index (χ1) is 16.9. The molecule has 2 N–H and O–H groups in total. The fraction of sp³-hybridized carbons (Fsp3) is 0.844. The number of amides is 1. The van der Waals surface area contributed by atoms with Crippen LogP contribution < -0.4 is 5.32 Å². The van der Waals surface area contributed by atoms with E-state index in [0.29, 0.717) is 12.3 Å². The summed E-state index contributed by atoms with van der Waals surface area (Å²) >= 11 is 0. The fourth-order valence-corrected chi connectivity index (χ4v) is 10.9. The van der Waals surface area contributed by atoms with E-state index in [1.54, 1.807) is 6.92 Å². The molecular formula is C32H49NO4. The molecule has 5 aliphatic carbocycles. The highest BCUT2D eigenvalue weighted by atomic mass is 16.4. The summed E-state index contributed by atoms with van der Waals surface area (Å²) < 4.78 is 0. The number of ketones is 1. The standard InChI is InChI=1S/C32H49NO4/c1-19(34)33-24-10-11-30(6)23(27(24,2)3)9-12-32(8)25(30)22(35)17-20-21-18-29(5,26(36)37)14-13-28(21,4)15-16-31(20,32)7/h17,21,23-25H,9-16,18H2,1-8H3,(H,33,34)(H,36,37)/t21-,23?,24-,25+,28+,29-,30-,31+,32+/m0/s1. The van der Waals surface area contributed by atoms with Crippen LogP contribution in [0.2, 0.25) is 0 Å². The van der Waals surface area contributed by atoms with Crippen LogP contribution in [-0.2, 0) is 14.4 Å². The predicted molar refractivity (Wildman–Crippen MR) is 145 cm³/mol. The molecule has 5 rings (SSSR count). The summed E-state index contributed by atoms with van der Waals surface area (Å²) in [5.41, 5.74) is 0.182. The Balaban J connectivity index is 1.58. The largest absolute Gasteiger partial charge is 0.481 e. The number of carboxylic acids is 1. The van der Waals surface area contributed by atoms with Gasteiger partial charge in [0.15, 0.2) is 5.78 Å². The molecule has 0 aromatic rings. The lowest BCUT2D eigenvalue weighted by Crippen LogP contribution is -2.67. The molecule has 5 nitrogen and oxygen atoms in total. The molecule has 1 unspecified atom stereocenters. The smallest absolute Gasteiger partial charge is 0.309 e. The minimum atomic E-state index is -0.722. The third kappa shape index (κ3) is 3.43. The number of rotatable bonds is 2. The molecule has 9 atom stereocenters. The highest BCUT2D eigenvalue weighted by Gasteiger charge is 2.70. The SMILES string of the molecule is CC(=O)N[C@H]1CC[C@@]2(C)C(CC[C@]3(C)[C@@H]2C(=O)C=C2[C@@H]4C[C@@](C)(C(=O)O)CC[C@]4(C)CC[C@]23C)C1(C)C. The summed E-state index contributed by atoms with van der Waals surface area (Å²) in [6.45, 7) is 17.7. The van der Waals surface area contributed by atoms with Gasteiger partial charge in [0, 0.05) is 18.9 Å². The molecule has 1 amide bonds. The van der Waals surface area contributed by atoms with Gasteiger partial charge in [0.25, 0.3) is 0 Å². The Morgan fingerprint density at radius 1 is 0.919 bits per heavy atom. The van der Waals surface area contributed by atoms with Gasteiger partial charge >= 0.3 is 5.97 Å². The van der Waals surface area contributed by atoms with Crippen LogP contribution in [0.25, 0.3) is 0 Å². The summed E-state index contributed by atoms with van der Waals surface area (Å²) in [6, 6.07) is 0.138. The average Bonchev–Trinajstić information content (AvgIpc) is 2.78. The van der Waals surface area contributed by atoms with Crippen LogP contribution in [0.15, 0.2) is 11.6 Å². The minimum absolute atomic E-state index is 0.0299. The van der Waals surface area contributed by atoms with E-state index in [9.17, 15) is 19.5 Å². The number of aliphatic carboxylic acids is 1. The van der Waals surface area contributed by atoms with Crippen LogP contribution in [0.1, 0.15) is 113 Å². The van der Waals surface area contributed by atoms with Crippen molar-refractivity contribution in [1.29, 1.82) is 0 Å². The Labute approximate surface area is 223 Å². The highest BCUT2D eigenvalue weighted by Crippen LogP contribution is 2.75. The zero-order chi connectivity index (χ0) is 27.4. The van der Waals surface area contributed by atoms with Gasteiger partial charge in [0.1, 0.15) is 0 Å². The number of nitrogens with one attached hydrogen (secondary N) is 1. The van der Waals surface area contributed by atoms with Crippen molar-refractivity contribution in [1.82, 2.24) is 5.32 Å². The van der Waals surface area contributed by atoms with Gasteiger partial charge in [-0.15, -0.1) is 0 Å². The van der Waals surface area contributed by atoms with E-state index < -0.39 is 11.4 Å². The summed E-state index contributed by atoms with van der Waals surface area (Å²) in [7, 11) is 0. The molecule has 0 spiro atoms. The molecule has 4 fully saturated rings. The number of carbonyl (C=O) groups excluding carboxylic acids is 2. The summed E-state index contributed by atoms with van der Waals surface area (Å²) in [5, 5.41) is 13.3. The number of allylic oxidation sites excluding steroid dienone is 2. The molecule has 0 saturated heterocycles. The molecule has 5 aliphatic rings. The second-order valence-corrected chi connectivity index (χ2v) is 15.7. The molecule has 0 heterocycles. The molecule has 0 bridgehead atoms. The Morgan fingerprint density at radius 2 is 1.57 bits per heavy atom. The predicted octanol–water partition coefficient (Wildman–Crippen LogP) is 6.56. The molecule has 4 saturated carbocycles. The zero-order valence-electron chi connectivity index (χ0n) is 24.4. The van der Waals surface area contributed by atoms with Crippen LogP contribution in [0.5, 0.6) is 0 Å². The topological polar surface area (TPSA) is 83.5 Å². The quantitative estimate of drug-likeness (QED) is 0.440. The van der Waals surface area contributed by atoms with E-state index in [1.807, 2.05) is 13.0 Å². The molecule has 206 valence electrons. The lowest BCUT2D eigenvalue weighted by atomic mass is 9.33. The first-order valence-electron chi connectivity index (χ1n) is 14.7. The molecule has 0 radical (unpaired) electrons. The molecule has 0 aromatic heterocycles. The number of carbonyl (C=O) groups is 3. The maximum atomic E-state index is 14.4. The van der Waals surface area contributed by atoms with Crippen molar-refractivity contribution < 1.29 is 19.5 Å². The maximum Gasteiger partial charge on any atom is 0.309 e. The Hall–Kier alpha value is -1.65. The first-order valence-corrected chi connectivity index (χ1v) is 14.7. The third-order valence-electron chi connectivity index (χ3n) is 13.5. The summed E-state index contributed by atoms with van der Waals surface area (Å²) in [5.74, 6) is 0.0963. The number of fused-ring (bicyclic) bond motifs is 7. The lowest BCUT2D eigenvalue weighted by Gasteiger charge is -2.70. The van der Waals surface area contributed by atoms with Gasteiger partial charge in [0.2, 0.25) is 5.91 Å². The van der Waals surface area contributed by atoms with Gasteiger partial charge < -0.3 is 10.4 Å². The molecule has 5 heteroatoms. The van der Waals surface area contributed by atoms with Gasteiger partial charge in [-0.1, -0.05) is 47.1 Å². The van der Waals surface area contributed by atoms with Crippen molar-refractivity contribution >= 4 is 17.7 Å². The van der Waals surface area contributed by atoms with Crippen molar-refractivity contribution in [3.8, 4) is 0 Å².